The van der Waals surface area contributed by atoms with Crippen molar-refractivity contribution in [3.05, 3.63) is 23.4 Å². The molecule has 0 saturated carbocycles. The lowest BCUT2D eigenvalue weighted by Crippen LogP contribution is -2.36. The Labute approximate surface area is 117 Å². The minimum atomic E-state index is -4.50. The van der Waals surface area contributed by atoms with Gasteiger partial charge >= 0.3 is 6.18 Å². The summed E-state index contributed by atoms with van der Waals surface area (Å²) in [5.41, 5.74) is 6.36. The lowest BCUT2D eigenvalue weighted by Gasteiger charge is -2.29. The molecule has 1 aliphatic rings. The second-order valence-corrected chi connectivity index (χ2v) is 4.75. The number of rotatable bonds is 1. The van der Waals surface area contributed by atoms with Gasteiger partial charge < -0.3 is 15.2 Å². The van der Waals surface area contributed by atoms with Crippen LogP contribution in [0.3, 0.4) is 0 Å². The minimum Gasteiger partial charge on any atom is -0.368 e. The first kappa shape index (κ1) is 13.6. The summed E-state index contributed by atoms with van der Waals surface area (Å²) in [4.78, 5) is 9.83. The van der Waals surface area contributed by atoms with Crippen molar-refractivity contribution in [1.29, 1.82) is 0 Å². The van der Waals surface area contributed by atoms with Crippen LogP contribution in [-0.4, -0.2) is 31.3 Å². The fourth-order valence-corrected chi connectivity index (χ4v) is 2.31. The van der Waals surface area contributed by atoms with Crippen molar-refractivity contribution in [2.45, 2.75) is 26.2 Å². The minimum absolute atomic E-state index is 0.124. The maximum Gasteiger partial charge on any atom is 0.451 e. The zero-order chi connectivity index (χ0) is 15.2. The predicted molar refractivity (Wildman–Crippen MR) is 67.3 cm³/mol. The van der Waals surface area contributed by atoms with Crippen molar-refractivity contribution < 1.29 is 13.2 Å². The highest BCUT2D eigenvalue weighted by molar-refractivity contribution is 5.48. The Bertz CT molecular complexity index is 679. The van der Waals surface area contributed by atoms with Crippen LogP contribution in [0.1, 0.15) is 17.2 Å². The van der Waals surface area contributed by atoms with Crippen LogP contribution in [0.4, 0.5) is 24.9 Å². The molecule has 2 aromatic rings. The Morgan fingerprint density at radius 1 is 1.24 bits per heavy atom. The summed E-state index contributed by atoms with van der Waals surface area (Å²) in [6.45, 7) is 2.52. The summed E-state index contributed by atoms with van der Waals surface area (Å²) >= 11 is 0. The van der Waals surface area contributed by atoms with Gasteiger partial charge in [0.25, 0.3) is 0 Å². The number of aryl methyl sites for hydroxylation is 1. The van der Waals surface area contributed by atoms with Gasteiger partial charge in [0, 0.05) is 24.8 Å². The van der Waals surface area contributed by atoms with E-state index in [0.29, 0.717) is 12.4 Å². The average molecular weight is 299 g/mol. The normalized spacial score (nSPS) is 15.1. The van der Waals surface area contributed by atoms with E-state index in [4.69, 9.17) is 5.73 Å². The largest absolute Gasteiger partial charge is 0.451 e. The molecular formula is C11H12F3N7. The molecule has 0 atom stereocenters. The predicted octanol–water partition coefficient (Wildman–Crippen LogP) is 0.998. The molecule has 1 aliphatic heterocycles. The highest BCUT2D eigenvalue weighted by Gasteiger charge is 2.39. The first-order valence-electron chi connectivity index (χ1n) is 6.19. The van der Waals surface area contributed by atoms with Gasteiger partial charge in [0.1, 0.15) is 5.82 Å². The van der Waals surface area contributed by atoms with Crippen molar-refractivity contribution in [2.75, 3.05) is 17.2 Å². The fraction of sp³-hybridized carbons (Fsp3) is 0.455. The van der Waals surface area contributed by atoms with Crippen LogP contribution in [0, 0.1) is 6.92 Å². The monoisotopic (exact) mass is 299 g/mol. The van der Waals surface area contributed by atoms with Crippen LogP contribution in [0.5, 0.6) is 0 Å². The summed E-state index contributed by atoms with van der Waals surface area (Å²) in [5, 5.41) is 6.87. The van der Waals surface area contributed by atoms with Crippen molar-refractivity contribution in [2.24, 2.45) is 0 Å². The Morgan fingerprint density at radius 3 is 2.71 bits per heavy atom. The quantitative estimate of drug-likeness (QED) is 0.845. The number of nitrogens with zero attached hydrogens (tertiary/aromatic N) is 6. The van der Waals surface area contributed by atoms with Gasteiger partial charge in [0.05, 0.1) is 6.54 Å². The van der Waals surface area contributed by atoms with Gasteiger partial charge in [0.2, 0.25) is 11.8 Å². The fourth-order valence-electron chi connectivity index (χ4n) is 2.31. The number of fused-ring (bicyclic) bond motifs is 1. The molecule has 7 nitrogen and oxygen atoms in total. The average Bonchev–Trinajstić information content (AvgIpc) is 2.84. The number of anilines is 2. The third kappa shape index (κ3) is 2.36. The first-order valence-corrected chi connectivity index (χ1v) is 6.19. The third-order valence-corrected chi connectivity index (χ3v) is 3.27. The number of nitrogen functional groups attached to an aromatic ring is 1. The maximum absolute atomic E-state index is 12.8. The van der Waals surface area contributed by atoms with E-state index in [0.717, 1.165) is 10.1 Å². The van der Waals surface area contributed by atoms with E-state index in [2.05, 4.69) is 20.2 Å². The molecule has 0 bridgehead atoms. The molecule has 2 aromatic heterocycles. The van der Waals surface area contributed by atoms with Gasteiger partial charge in [-0.25, -0.2) is 4.98 Å². The molecule has 10 heteroatoms. The van der Waals surface area contributed by atoms with Crippen molar-refractivity contribution in [3.8, 4) is 0 Å². The standard InChI is InChI=1S/C11H12F3N7/c1-6-4-16-10(15)17-8(6)20-2-3-21-7(5-20)18-19-9(21)11(12,13)14/h4H,2-3,5H2,1H3,(H2,15,16,17). The molecule has 0 unspecified atom stereocenters. The van der Waals surface area contributed by atoms with E-state index >= 15 is 0 Å². The molecule has 0 aliphatic carbocycles. The maximum atomic E-state index is 12.8. The van der Waals surface area contributed by atoms with Crippen LogP contribution < -0.4 is 10.6 Å². The van der Waals surface area contributed by atoms with Crippen LogP contribution in [-0.2, 0) is 19.3 Å². The summed E-state index contributed by atoms with van der Waals surface area (Å²) < 4.78 is 39.4. The van der Waals surface area contributed by atoms with E-state index in [-0.39, 0.29) is 24.9 Å². The molecule has 2 N–H and O–H groups in total. The number of hydrogen-bond donors (Lipinski definition) is 1. The molecule has 0 amide bonds. The highest BCUT2D eigenvalue weighted by Crippen LogP contribution is 2.30. The van der Waals surface area contributed by atoms with Crippen LogP contribution in [0.15, 0.2) is 6.20 Å². The lowest BCUT2D eigenvalue weighted by atomic mass is 10.2. The lowest BCUT2D eigenvalue weighted by molar-refractivity contribution is -0.147. The van der Waals surface area contributed by atoms with Gasteiger partial charge in [-0.1, -0.05) is 0 Å². The Morgan fingerprint density at radius 2 is 2.00 bits per heavy atom. The van der Waals surface area contributed by atoms with Gasteiger partial charge in [-0.15, -0.1) is 10.2 Å². The summed E-state index contributed by atoms with van der Waals surface area (Å²) in [7, 11) is 0. The summed E-state index contributed by atoms with van der Waals surface area (Å²) in [6.07, 6.45) is -2.92. The van der Waals surface area contributed by atoms with Crippen molar-refractivity contribution in [1.82, 2.24) is 24.7 Å². The van der Waals surface area contributed by atoms with E-state index in [1.165, 1.54) is 0 Å². The zero-order valence-electron chi connectivity index (χ0n) is 11.1. The molecule has 0 saturated heterocycles. The molecule has 0 aromatic carbocycles. The van der Waals surface area contributed by atoms with E-state index in [1.807, 2.05) is 11.8 Å². The second-order valence-electron chi connectivity index (χ2n) is 4.75. The van der Waals surface area contributed by atoms with Gasteiger partial charge in [0.15, 0.2) is 5.82 Å². The Hall–Kier alpha value is -2.39. The van der Waals surface area contributed by atoms with E-state index < -0.39 is 12.0 Å². The summed E-state index contributed by atoms with van der Waals surface area (Å²) in [5.74, 6) is 0.0187. The number of alkyl halides is 3. The molecule has 112 valence electrons. The highest BCUT2D eigenvalue weighted by atomic mass is 19.4. The van der Waals surface area contributed by atoms with E-state index in [1.54, 1.807) is 6.20 Å². The second kappa shape index (κ2) is 4.57. The summed E-state index contributed by atoms with van der Waals surface area (Å²) in [6, 6.07) is 0. The number of halogens is 3. The Balaban J connectivity index is 1.92. The van der Waals surface area contributed by atoms with Crippen molar-refractivity contribution in [3.63, 3.8) is 0 Å². The molecule has 0 fully saturated rings. The van der Waals surface area contributed by atoms with Gasteiger partial charge in [-0.05, 0) is 6.92 Å². The molecule has 21 heavy (non-hydrogen) atoms. The molecule has 0 spiro atoms. The van der Waals surface area contributed by atoms with Crippen LogP contribution in [0.25, 0.3) is 0 Å². The molecule has 3 heterocycles. The van der Waals surface area contributed by atoms with Gasteiger partial charge in [-0.3, -0.25) is 0 Å². The van der Waals surface area contributed by atoms with Gasteiger partial charge in [-0.2, -0.15) is 18.2 Å². The smallest absolute Gasteiger partial charge is 0.368 e. The van der Waals surface area contributed by atoms with Crippen molar-refractivity contribution >= 4 is 11.8 Å². The van der Waals surface area contributed by atoms with Crippen LogP contribution in [0.2, 0.25) is 0 Å². The topological polar surface area (TPSA) is 85.8 Å². The SMILES string of the molecule is Cc1cnc(N)nc1N1CCn2c(nnc2C(F)(F)F)C1. The Kier molecular flexibility index (Phi) is 2.96. The number of aromatic nitrogens is 5. The van der Waals surface area contributed by atoms with Crippen LogP contribution >= 0.6 is 0 Å². The number of nitrogens with two attached hydrogens (primary N) is 1. The third-order valence-electron chi connectivity index (χ3n) is 3.27. The molecular weight excluding hydrogens is 287 g/mol. The molecule has 3 rings (SSSR count). The molecule has 0 radical (unpaired) electrons. The van der Waals surface area contributed by atoms with E-state index in [9.17, 15) is 13.2 Å². The first-order chi connectivity index (χ1) is 9.86. The zero-order valence-corrected chi connectivity index (χ0v) is 11.1. The number of hydrogen-bond acceptors (Lipinski definition) is 6.